The molecule has 0 aromatic heterocycles. The molecule has 0 aliphatic heterocycles. The maximum absolute atomic E-state index is 12.0. The van der Waals surface area contributed by atoms with Gasteiger partial charge in [-0.15, -0.1) is 0 Å². The number of ether oxygens (including phenoxy) is 1. The van der Waals surface area contributed by atoms with E-state index in [2.05, 4.69) is 5.32 Å². The van der Waals surface area contributed by atoms with E-state index in [1.807, 2.05) is 13.8 Å². The summed E-state index contributed by atoms with van der Waals surface area (Å²) in [5, 5.41) is 3.29. The predicted molar refractivity (Wildman–Crippen MR) is 90.0 cm³/mol. The van der Waals surface area contributed by atoms with E-state index in [0.717, 1.165) is 11.1 Å². The summed E-state index contributed by atoms with van der Waals surface area (Å²) in [5.41, 5.74) is 7.63. The highest BCUT2D eigenvalue weighted by Crippen LogP contribution is 2.25. The van der Waals surface area contributed by atoms with Crippen LogP contribution in [0, 0.1) is 13.8 Å². The molecule has 23 heavy (non-hydrogen) atoms. The van der Waals surface area contributed by atoms with Crippen molar-refractivity contribution in [3.63, 3.8) is 0 Å². The van der Waals surface area contributed by atoms with Crippen LogP contribution in [0.2, 0.25) is 5.02 Å². The van der Waals surface area contributed by atoms with Crippen molar-refractivity contribution < 1.29 is 14.3 Å². The number of benzene rings is 2. The lowest BCUT2D eigenvalue weighted by molar-refractivity contribution is -0.118. The van der Waals surface area contributed by atoms with E-state index in [-0.39, 0.29) is 18.1 Å². The highest BCUT2D eigenvalue weighted by Gasteiger charge is 2.11. The predicted octanol–water partition coefficient (Wildman–Crippen LogP) is 3.07. The molecule has 0 atom stereocenters. The first-order chi connectivity index (χ1) is 10.9. The third kappa shape index (κ3) is 4.23. The molecule has 5 nitrogen and oxygen atoms in total. The van der Waals surface area contributed by atoms with Gasteiger partial charge in [0.25, 0.3) is 11.8 Å². The van der Waals surface area contributed by atoms with Gasteiger partial charge < -0.3 is 15.8 Å². The molecule has 0 saturated carbocycles. The maximum atomic E-state index is 12.0. The van der Waals surface area contributed by atoms with E-state index in [1.54, 1.807) is 36.4 Å². The van der Waals surface area contributed by atoms with Crippen molar-refractivity contribution in [2.24, 2.45) is 5.73 Å². The van der Waals surface area contributed by atoms with Crippen LogP contribution in [0.25, 0.3) is 0 Å². The van der Waals surface area contributed by atoms with Crippen LogP contribution in [-0.4, -0.2) is 18.4 Å². The van der Waals surface area contributed by atoms with E-state index in [1.165, 1.54) is 0 Å². The lowest BCUT2D eigenvalue weighted by Gasteiger charge is -2.11. The Morgan fingerprint density at radius 2 is 1.78 bits per heavy atom. The van der Waals surface area contributed by atoms with Crippen LogP contribution in [0.5, 0.6) is 5.75 Å². The van der Waals surface area contributed by atoms with Crippen molar-refractivity contribution in [2.45, 2.75) is 13.8 Å². The van der Waals surface area contributed by atoms with Gasteiger partial charge >= 0.3 is 0 Å². The molecule has 3 N–H and O–H groups in total. The number of aryl methyl sites for hydroxylation is 2. The van der Waals surface area contributed by atoms with Crippen LogP contribution < -0.4 is 15.8 Å². The number of hydrogen-bond donors (Lipinski definition) is 2. The normalized spacial score (nSPS) is 10.2. The third-order valence-electron chi connectivity index (χ3n) is 3.25. The Morgan fingerprint density at radius 1 is 1.17 bits per heavy atom. The van der Waals surface area contributed by atoms with Crippen molar-refractivity contribution in [3.05, 3.63) is 58.1 Å². The summed E-state index contributed by atoms with van der Waals surface area (Å²) in [5.74, 6) is -0.433. The van der Waals surface area contributed by atoms with E-state index >= 15 is 0 Å². The molecule has 2 amide bonds. The molecular formula is C17H17ClN2O3. The Hall–Kier alpha value is -2.53. The zero-order valence-corrected chi connectivity index (χ0v) is 13.6. The summed E-state index contributed by atoms with van der Waals surface area (Å²) < 4.78 is 5.47. The Morgan fingerprint density at radius 3 is 2.39 bits per heavy atom. The van der Waals surface area contributed by atoms with E-state index < -0.39 is 5.91 Å². The van der Waals surface area contributed by atoms with Crippen LogP contribution >= 0.6 is 11.6 Å². The van der Waals surface area contributed by atoms with Gasteiger partial charge in [-0.3, -0.25) is 9.59 Å². The highest BCUT2D eigenvalue weighted by molar-refractivity contribution is 6.32. The number of rotatable bonds is 5. The van der Waals surface area contributed by atoms with Gasteiger partial charge in [-0.2, -0.15) is 0 Å². The van der Waals surface area contributed by atoms with Gasteiger partial charge in [0.15, 0.2) is 6.61 Å². The van der Waals surface area contributed by atoms with Crippen LogP contribution in [0.15, 0.2) is 36.4 Å². The summed E-state index contributed by atoms with van der Waals surface area (Å²) in [6.45, 7) is 3.55. The standard InChI is InChI=1S/C17H17ClN2O3/c1-10-7-12(8-11(2)16(10)18)23-9-15(21)20-14-6-4-3-5-13(14)17(19)22/h3-8H,9H2,1-2H3,(H2,19,22)(H,20,21). The molecule has 120 valence electrons. The van der Waals surface area contributed by atoms with Crippen molar-refractivity contribution in [2.75, 3.05) is 11.9 Å². The fourth-order valence-electron chi connectivity index (χ4n) is 2.13. The number of para-hydroxylation sites is 1. The van der Waals surface area contributed by atoms with Gasteiger partial charge in [-0.1, -0.05) is 23.7 Å². The van der Waals surface area contributed by atoms with Crippen molar-refractivity contribution >= 4 is 29.1 Å². The second kappa shape index (κ2) is 7.15. The minimum atomic E-state index is -0.606. The quantitative estimate of drug-likeness (QED) is 0.882. The number of nitrogens with one attached hydrogen (secondary N) is 1. The Bertz CT molecular complexity index is 736. The summed E-state index contributed by atoms with van der Waals surface area (Å²) in [7, 11) is 0. The molecule has 0 saturated heterocycles. The van der Waals surface area contributed by atoms with Crippen molar-refractivity contribution in [1.29, 1.82) is 0 Å². The molecular weight excluding hydrogens is 316 g/mol. The fraction of sp³-hybridized carbons (Fsp3) is 0.176. The highest BCUT2D eigenvalue weighted by atomic mass is 35.5. The summed E-state index contributed by atoms with van der Waals surface area (Å²) in [4.78, 5) is 23.3. The van der Waals surface area contributed by atoms with Crippen LogP contribution in [0.1, 0.15) is 21.5 Å². The number of amides is 2. The van der Waals surface area contributed by atoms with Gasteiger partial charge in [-0.05, 0) is 49.2 Å². The number of hydrogen-bond acceptors (Lipinski definition) is 3. The molecule has 0 fully saturated rings. The molecule has 0 spiro atoms. The molecule has 2 aromatic carbocycles. The maximum Gasteiger partial charge on any atom is 0.262 e. The molecule has 0 radical (unpaired) electrons. The van der Waals surface area contributed by atoms with E-state index in [4.69, 9.17) is 22.1 Å². The smallest absolute Gasteiger partial charge is 0.262 e. The first kappa shape index (κ1) is 16.8. The second-order valence-corrected chi connectivity index (χ2v) is 5.50. The van der Waals surface area contributed by atoms with E-state index in [9.17, 15) is 9.59 Å². The topological polar surface area (TPSA) is 81.4 Å². The lowest BCUT2D eigenvalue weighted by atomic mass is 10.1. The summed E-state index contributed by atoms with van der Waals surface area (Å²) in [6.07, 6.45) is 0. The van der Waals surface area contributed by atoms with Gasteiger partial charge in [-0.25, -0.2) is 0 Å². The molecule has 0 unspecified atom stereocenters. The first-order valence-corrected chi connectivity index (χ1v) is 7.34. The third-order valence-corrected chi connectivity index (χ3v) is 3.84. The fourth-order valence-corrected chi connectivity index (χ4v) is 2.24. The van der Waals surface area contributed by atoms with Crippen LogP contribution in [0.3, 0.4) is 0 Å². The van der Waals surface area contributed by atoms with Gasteiger partial charge in [0, 0.05) is 5.02 Å². The number of halogens is 1. The zero-order valence-electron chi connectivity index (χ0n) is 12.9. The van der Waals surface area contributed by atoms with Gasteiger partial charge in [0.05, 0.1) is 11.3 Å². The molecule has 0 aliphatic carbocycles. The Labute approximate surface area is 139 Å². The molecule has 2 aromatic rings. The Kier molecular flexibility index (Phi) is 5.24. The molecule has 0 aliphatic rings. The minimum absolute atomic E-state index is 0.187. The number of anilines is 1. The molecule has 0 heterocycles. The number of carbonyl (C=O) groups excluding carboxylic acids is 2. The Balaban J connectivity index is 2.03. The average molecular weight is 333 g/mol. The molecule has 6 heteroatoms. The molecule has 0 bridgehead atoms. The van der Waals surface area contributed by atoms with Crippen molar-refractivity contribution in [1.82, 2.24) is 0 Å². The summed E-state index contributed by atoms with van der Waals surface area (Å²) >= 11 is 6.09. The first-order valence-electron chi connectivity index (χ1n) is 6.96. The van der Waals surface area contributed by atoms with Gasteiger partial charge in [0.1, 0.15) is 5.75 Å². The van der Waals surface area contributed by atoms with Crippen LogP contribution in [-0.2, 0) is 4.79 Å². The minimum Gasteiger partial charge on any atom is -0.484 e. The molecule has 2 rings (SSSR count). The number of carbonyl (C=O) groups is 2. The van der Waals surface area contributed by atoms with E-state index in [0.29, 0.717) is 16.5 Å². The lowest BCUT2D eigenvalue weighted by Crippen LogP contribution is -2.23. The summed E-state index contributed by atoms with van der Waals surface area (Å²) in [6, 6.07) is 10.1. The zero-order chi connectivity index (χ0) is 17.0. The van der Waals surface area contributed by atoms with Crippen molar-refractivity contribution in [3.8, 4) is 5.75 Å². The van der Waals surface area contributed by atoms with Crippen LogP contribution in [0.4, 0.5) is 5.69 Å². The SMILES string of the molecule is Cc1cc(OCC(=O)Nc2ccccc2C(N)=O)cc(C)c1Cl. The van der Waals surface area contributed by atoms with Gasteiger partial charge in [0.2, 0.25) is 0 Å². The second-order valence-electron chi connectivity index (χ2n) is 5.12. The number of primary amides is 1. The number of nitrogens with two attached hydrogens (primary N) is 1. The average Bonchev–Trinajstić information content (AvgIpc) is 2.50. The monoisotopic (exact) mass is 332 g/mol. The largest absolute Gasteiger partial charge is 0.484 e.